The Labute approximate surface area is 174 Å². The van der Waals surface area contributed by atoms with E-state index in [1.54, 1.807) is 23.5 Å². The number of nitrogens with zero attached hydrogens (tertiary/aromatic N) is 2. The van der Waals surface area contributed by atoms with Crippen LogP contribution in [0.2, 0.25) is 0 Å². The van der Waals surface area contributed by atoms with E-state index in [4.69, 9.17) is 4.99 Å². The smallest absolute Gasteiger partial charge is 0.260 e. The number of thioether (sulfide) groups is 2. The molecule has 0 saturated heterocycles. The number of benzene rings is 2. The van der Waals surface area contributed by atoms with E-state index in [1.807, 2.05) is 53.9 Å². The zero-order chi connectivity index (χ0) is 18.9. The van der Waals surface area contributed by atoms with E-state index in [2.05, 4.69) is 16.0 Å². The third-order valence-electron chi connectivity index (χ3n) is 4.46. The summed E-state index contributed by atoms with van der Waals surface area (Å²) in [5.74, 6) is 2.21. The minimum atomic E-state index is -0.0794. The van der Waals surface area contributed by atoms with Crippen molar-refractivity contribution in [3.05, 3.63) is 81.7 Å². The number of hydrogen-bond donors (Lipinski definition) is 1. The first-order valence-corrected chi connectivity index (χ1v) is 11.6. The van der Waals surface area contributed by atoms with E-state index >= 15 is 0 Å². The molecule has 7 heteroatoms. The van der Waals surface area contributed by atoms with Gasteiger partial charge in [0.05, 0.1) is 16.8 Å². The highest BCUT2D eigenvalue weighted by molar-refractivity contribution is 8.38. The van der Waals surface area contributed by atoms with Gasteiger partial charge in [0.1, 0.15) is 15.0 Å². The van der Waals surface area contributed by atoms with Crippen LogP contribution >= 0.6 is 34.9 Å². The van der Waals surface area contributed by atoms with Gasteiger partial charge in [-0.3, -0.25) is 4.79 Å². The summed E-state index contributed by atoms with van der Waals surface area (Å²) in [7, 11) is 0. The molecule has 0 radical (unpaired) electrons. The molecule has 0 aliphatic carbocycles. The molecular weight excluding hydrogens is 406 g/mol. The van der Waals surface area contributed by atoms with Crippen LogP contribution in [0.4, 0.5) is 5.69 Å². The Kier molecular flexibility index (Phi) is 4.80. The van der Waals surface area contributed by atoms with Crippen LogP contribution in [-0.2, 0) is 11.5 Å². The summed E-state index contributed by atoms with van der Waals surface area (Å²) < 4.78 is 1.01. The third-order valence-corrected chi connectivity index (χ3v) is 7.59. The van der Waals surface area contributed by atoms with Crippen LogP contribution in [-0.4, -0.2) is 14.3 Å². The van der Waals surface area contributed by atoms with Crippen molar-refractivity contribution in [1.82, 2.24) is 9.97 Å². The molecule has 0 bridgehead atoms. The summed E-state index contributed by atoms with van der Waals surface area (Å²) in [6.07, 6.45) is 0. The molecular formula is C21H15N3OS3. The zero-order valence-corrected chi connectivity index (χ0v) is 17.2. The van der Waals surface area contributed by atoms with Gasteiger partial charge in [-0.15, -0.1) is 11.3 Å². The fourth-order valence-corrected chi connectivity index (χ4v) is 6.01. The predicted molar refractivity (Wildman–Crippen MR) is 122 cm³/mol. The number of fused-ring (bicyclic) bond motifs is 2. The van der Waals surface area contributed by atoms with E-state index in [-0.39, 0.29) is 5.56 Å². The number of para-hydroxylation sites is 1. The van der Waals surface area contributed by atoms with E-state index < -0.39 is 0 Å². The molecule has 138 valence electrons. The number of hydrogen-bond acceptors (Lipinski definition) is 6. The van der Waals surface area contributed by atoms with Crippen molar-refractivity contribution in [3.63, 3.8) is 0 Å². The lowest BCUT2D eigenvalue weighted by atomic mass is 10.1. The van der Waals surface area contributed by atoms with Crippen LogP contribution in [0.3, 0.4) is 0 Å². The summed E-state index contributed by atoms with van der Waals surface area (Å²) in [5, 5.41) is 2.68. The van der Waals surface area contributed by atoms with Gasteiger partial charge >= 0.3 is 0 Å². The topological polar surface area (TPSA) is 58.1 Å². The Hall–Kier alpha value is -2.35. The second-order valence-corrected chi connectivity index (χ2v) is 9.34. The number of aromatic amines is 1. The number of rotatable bonds is 3. The molecule has 0 spiro atoms. The molecule has 0 atom stereocenters. The first-order valence-electron chi connectivity index (χ1n) is 8.76. The minimum Gasteiger partial charge on any atom is -0.309 e. The van der Waals surface area contributed by atoms with Crippen LogP contribution in [0.1, 0.15) is 11.4 Å². The van der Waals surface area contributed by atoms with Crippen molar-refractivity contribution in [2.75, 3.05) is 0 Å². The quantitative estimate of drug-likeness (QED) is 0.453. The fraction of sp³-hybridized carbons (Fsp3) is 0.0952. The van der Waals surface area contributed by atoms with Gasteiger partial charge in [-0.25, -0.2) is 9.98 Å². The number of H-pyrrole nitrogens is 1. The Bertz CT molecular complexity index is 1240. The van der Waals surface area contributed by atoms with Gasteiger partial charge in [0, 0.05) is 16.7 Å². The van der Waals surface area contributed by atoms with Gasteiger partial charge in [0.25, 0.3) is 5.56 Å². The van der Waals surface area contributed by atoms with Crippen molar-refractivity contribution in [3.8, 4) is 11.1 Å². The maximum absolute atomic E-state index is 12.7. The molecule has 2 aromatic heterocycles. The first kappa shape index (κ1) is 17.7. The van der Waals surface area contributed by atoms with Crippen molar-refractivity contribution in [1.29, 1.82) is 0 Å². The van der Waals surface area contributed by atoms with Crippen molar-refractivity contribution < 1.29 is 0 Å². The minimum absolute atomic E-state index is 0.0794. The largest absolute Gasteiger partial charge is 0.309 e. The third kappa shape index (κ3) is 3.41. The molecule has 28 heavy (non-hydrogen) atoms. The summed E-state index contributed by atoms with van der Waals surface area (Å²) in [6, 6.07) is 18.2. The van der Waals surface area contributed by atoms with Crippen LogP contribution in [0.15, 0.2) is 69.8 Å². The van der Waals surface area contributed by atoms with Crippen LogP contribution < -0.4 is 5.56 Å². The maximum Gasteiger partial charge on any atom is 0.260 e. The van der Waals surface area contributed by atoms with Gasteiger partial charge in [-0.1, -0.05) is 72.1 Å². The SMILES string of the molecule is O=c1[nH]c(CSC2=Nc3ccccc3CS2)nc2scc(-c3ccccc3)c12. The summed E-state index contributed by atoms with van der Waals surface area (Å²) >= 11 is 4.86. The standard InChI is InChI=1S/C21H15N3OS3/c25-19-18-15(13-6-2-1-3-7-13)11-26-20(18)24-17(23-19)12-28-21-22-16-9-5-4-8-14(16)10-27-21/h1-9,11H,10,12H2,(H,23,24,25). The number of aromatic nitrogens is 2. The average molecular weight is 422 g/mol. The Morgan fingerprint density at radius 2 is 1.89 bits per heavy atom. The molecule has 1 aliphatic heterocycles. The molecule has 0 saturated carbocycles. The second-order valence-electron chi connectivity index (χ2n) is 6.29. The molecule has 0 unspecified atom stereocenters. The van der Waals surface area contributed by atoms with Gasteiger partial charge in [0.15, 0.2) is 0 Å². The van der Waals surface area contributed by atoms with Crippen LogP contribution in [0.5, 0.6) is 0 Å². The summed E-state index contributed by atoms with van der Waals surface area (Å²) in [5.41, 5.74) is 4.19. The molecule has 5 rings (SSSR count). The zero-order valence-electron chi connectivity index (χ0n) is 14.7. The van der Waals surface area contributed by atoms with E-state index in [0.717, 1.165) is 31.8 Å². The molecule has 1 N–H and O–H groups in total. The Morgan fingerprint density at radius 3 is 2.79 bits per heavy atom. The van der Waals surface area contributed by atoms with Crippen molar-refractivity contribution in [2.24, 2.45) is 4.99 Å². The molecule has 2 aromatic carbocycles. The van der Waals surface area contributed by atoms with Crippen molar-refractivity contribution >= 4 is 55.1 Å². The summed E-state index contributed by atoms with van der Waals surface area (Å²) in [4.78, 5) is 25.9. The van der Waals surface area contributed by atoms with Gasteiger partial charge < -0.3 is 4.98 Å². The van der Waals surface area contributed by atoms with E-state index in [1.165, 1.54) is 16.9 Å². The van der Waals surface area contributed by atoms with Crippen molar-refractivity contribution in [2.45, 2.75) is 11.5 Å². The van der Waals surface area contributed by atoms with Crippen LogP contribution in [0, 0.1) is 0 Å². The maximum atomic E-state index is 12.7. The number of thiophene rings is 1. The molecule has 1 aliphatic rings. The highest BCUT2D eigenvalue weighted by Crippen LogP contribution is 2.35. The number of aliphatic imine (C=N–C) groups is 1. The van der Waals surface area contributed by atoms with E-state index in [9.17, 15) is 4.79 Å². The lowest BCUT2D eigenvalue weighted by Crippen LogP contribution is -2.11. The molecule has 0 amide bonds. The Morgan fingerprint density at radius 1 is 1.07 bits per heavy atom. The molecule has 4 nitrogen and oxygen atoms in total. The van der Waals surface area contributed by atoms with Gasteiger partial charge in [-0.2, -0.15) is 0 Å². The molecule has 0 fully saturated rings. The highest BCUT2D eigenvalue weighted by atomic mass is 32.2. The van der Waals surface area contributed by atoms with Gasteiger partial charge in [0.2, 0.25) is 0 Å². The normalized spacial score (nSPS) is 13.4. The van der Waals surface area contributed by atoms with Gasteiger partial charge in [-0.05, 0) is 17.2 Å². The Balaban J connectivity index is 1.41. The molecule has 3 heterocycles. The van der Waals surface area contributed by atoms with E-state index in [0.29, 0.717) is 17.0 Å². The lowest BCUT2D eigenvalue weighted by Gasteiger charge is -2.13. The predicted octanol–water partition coefficient (Wildman–Crippen LogP) is 5.82. The number of nitrogens with one attached hydrogen (secondary N) is 1. The first-order chi connectivity index (χ1) is 13.8. The van der Waals surface area contributed by atoms with Crippen LogP contribution in [0.25, 0.3) is 21.3 Å². The fourth-order valence-electron chi connectivity index (χ4n) is 3.11. The second kappa shape index (κ2) is 7.58. The highest BCUT2D eigenvalue weighted by Gasteiger charge is 2.15. The average Bonchev–Trinajstić information content (AvgIpc) is 3.17. The summed E-state index contributed by atoms with van der Waals surface area (Å²) in [6.45, 7) is 0. The monoisotopic (exact) mass is 421 g/mol. The molecule has 4 aromatic rings. The lowest BCUT2D eigenvalue weighted by molar-refractivity contribution is 1.05.